The van der Waals surface area contributed by atoms with Crippen LogP contribution in [0.2, 0.25) is 0 Å². The van der Waals surface area contributed by atoms with Crippen molar-refractivity contribution in [2.45, 2.75) is 56.9 Å². The number of nitrogens with zero attached hydrogens (tertiary/aromatic N) is 4. The zero-order valence-corrected chi connectivity index (χ0v) is 22.5. The van der Waals surface area contributed by atoms with Crippen molar-refractivity contribution in [3.05, 3.63) is 58.6 Å². The summed E-state index contributed by atoms with van der Waals surface area (Å²) in [5, 5.41) is 58.1. The first-order chi connectivity index (χ1) is 19.3. The lowest BCUT2D eigenvalue weighted by Crippen LogP contribution is -2.59. The Morgan fingerprint density at radius 2 is 1.55 bits per heavy atom. The Labute approximate surface area is 232 Å². The summed E-state index contributed by atoms with van der Waals surface area (Å²) in [7, 11) is 0. The van der Waals surface area contributed by atoms with Crippen LogP contribution in [0.3, 0.4) is 0 Å². The number of ether oxygens (including phenoxy) is 3. The van der Waals surface area contributed by atoms with Crippen LogP contribution in [0, 0.1) is 10.1 Å². The monoisotopic (exact) mass is 562 g/mol. The van der Waals surface area contributed by atoms with E-state index >= 15 is 0 Å². The Bertz CT molecular complexity index is 1050. The number of likely N-dealkylation sites (N-methyl/N-ethyl adjacent to an activating group) is 1. The molecule has 1 fully saturated rings. The Morgan fingerprint density at radius 3 is 2.15 bits per heavy atom. The molecule has 1 aliphatic rings. The number of benzene rings is 2. The molecule has 13 heteroatoms. The Morgan fingerprint density at radius 1 is 0.925 bits per heavy atom. The van der Waals surface area contributed by atoms with Gasteiger partial charge in [0.2, 0.25) is 0 Å². The van der Waals surface area contributed by atoms with Crippen LogP contribution < -0.4 is 4.90 Å². The fourth-order valence-electron chi connectivity index (χ4n) is 4.20. The molecule has 0 bridgehead atoms. The van der Waals surface area contributed by atoms with Crippen molar-refractivity contribution >= 4 is 22.7 Å². The summed E-state index contributed by atoms with van der Waals surface area (Å²) in [4.78, 5) is 12.5. The zero-order chi connectivity index (χ0) is 28.9. The number of azo groups is 1. The van der Waals surface area contributed by atoms with Gasteiger partial charge in [-0.25, -0.2) is 0 Å². The van der Waals surface area contributed by atoms with Crippen molar-refractivity contribution in [1.29, 1.82) is 0 Å². The van der Waals surface area contributed by atoms with Crippen molar-refractivity contribution in [3.63, 3.8) is 0 Å². The van der Waals surface area contributed by atoms with Crippen molar-refractivity contribution in [1.82, 2.24) is 0 Å². The second kappa shape index (κ2) is 16.3. The van der Waals surface area contributed by atoms with Crippen LogP contribution in [0.1, 0.15) is 26.2 Å². The number of unbranched alkanes of at least 4 members (excludes halogenated alkanes) is 2. The predicted molar refractivity (Wildman–Crippen MR) is 146 cm³/mol. The van der Waals surface area contributed by atoms with Crippen LogP contribution in [0.25, 0.3) is 0 Å². The van der Waals surface area contributed by atoms with Crippen LogP contribution in [-0.4, -0.2) is 95.6 Å². The summed E-state index contributed by atoms with van der Waals surface area (Å²) in [6, 6.07) is 13.5. The number of hydrogen-bond acceptors (Lipinski definition) is 12. The number of aliphatic hydroxyl groups is 4. The van der Waals surface area contributed by atoms with Gasteiger partial charge in [-0.05, 0) is 62.6 Å². The molecule has 40 heavy (non-hydrogen) atoms. The molecule has 0 saturated carbocycles. The molecule has 3 rings (SSSR count). The molecule has 0 aromatic heterocycles. The molecule has 2 aromatic carbocycles. The molecule has 13 nitrogen and oxygen atoms in total. The summed E-state index contributed by atoms with van der Waals surface area (Å²) >= 11 is 0. The van der Waals surface area contributed by atoms with Gasteiger partial charge in [-0.3, -0.25) is 10.1 Å². The molecule has 1 aliphatic heterocycles. The van der Waals surface area contributed by atoms with E-state index < -0.39 is 42.2 Å². The first-order valence-corrected chi connectivity index (χ1v) is 13.3. The van der Waals surface area contributed by atoms with E-state index in [9.17, 15) is 30.5 Å². The van der Waals surface area contributed by atoms with E-state index in [0.717, 1.165) is 31.6 Å². The van der Waals surface area contributed by atoms with Gasteiger partial charge in [0.25, 0.3) is 5.69 Å². The van der Waals surface area contributed by atoms with Crippen LogP contribution in [-0.2, 0) is 14.2 Å². The maximum atomic E-state index is 10.7. The van der Waals surface area contributed by atoms with Crippen LogP contribution in [0.15, 0.2) is 58.8 Å². The van der Waals surface area contributed by atoms with Crippen molar-refractivity contribution < 1.29 is 39.6 Å². The molecular formula is C27H38N4O9. The lowest BCUT2D eigenvalue weighted by Gasteiger charge is -2.39. The second-order valence-corrected chi connectivity index (χ2v) is 9.31. The van der Waals surface area contributed by atoms with Gasteiger partial charge in [-0.1, -0.05) is 0 Å². The van der Waals surface area contributed by atoms with E-state index in [1.165, 1.54) is 12.1 Å². The molecule has 1 saturated heterocycles. The normalized spacial score (nSPS) is 23.0. The molecule has 0 aliphatic carbocycles. The Hall–Kier alpha value is -3.04. The molecule has 3 unspecified atom stereocenters. The SMILES string of the molecule is CCN(CCOCCCCCOC1C(O)[C@H](O)OC(CO)[C@H]1O)c1ccc(N=Nc2ccc([N+](=O)[O-])cc2)cc1. The fraction of sp³-hybridized carbons (Fsp3) is 0.556. The second-order valence-electron chi connectivity index (χ2n) is 9.31. The molecule has 0 radical (unpaired) electrons. The third-order valence-corrected chi connectivity index (χ3v) is 6.53. The Balaban J connectivity index is 1.31. The topological polar surface area (TPSA) is 180 Å². The molecule has 4 N–H and O–H groups in total. The zero-order valence-electron chi connectivity index (χ0n) is 22.5. The molecule has 1 heterocycles. The predicted octanol–water partition coefficient (Wildman–Crippen LogP) is 2.84. The summed E-state index contributed by atoms with van der Waals surface area (Å²) in [5.74, 6) is 0. The highest BCUT2D eigenvalue weighted by Gasteiger charge is 2.44. The summed E-state index contributed by atoms with van der Waals surface area (Å²) < 4.78 is 16.3. The maximum absolute atomic E-state index is 10.7. The van der Waals surface area contributed by atoms with Crippen LogP contribution in [0.5, 0.6) is 0 Å². The fourth-order valence-corrected chi connectivity index (χ4v) is 4.20. The quantitative estimate of drug-likeness (QED) is 0.103. The number of hydrogen-bond donors (Lipinski definition) is 4. The summed E-state index contributed by atoms with van der Waals surface area (Å²) in [6.45, 7) is 4.55. The van der Waals surface area contributed by atoms with Gasteiger partial charge in [0.05, 0.1) is 29.5 Å². The minimum atomic E-state index is -1.51. The van der Waals surface area contributed by atoms with E-state index in [1.54, 1.807) is 12.1 Å². The van der Waals surface area contributed by atoms with E-state index in [-0.39, 0.29) is 12.3 Å². The van der Waals surface area contributed by atoms with Crippen LogP contribution >= 0.6 is 0 Å². The van der Waals surface area contributed by atoms with Gasteiger partial charge >= 0.3 is 0 Å². The highest BCUT2D eigenvalue weighted by molar-refractivity contribution is 5.53. The third-order valence-electron chi connectivity index (χ3n) is 6.53. The lowest BCUT2D eigenvalue weighted by atomic mass is 9.99. The maximum Gasteiger partial charge on any atom is 0.269 e. The standard InChI is InChI=1S/C27H38N4O9/c1-2-30(21-10-6-19(7-11-21)28-29-20-8-12-22(13-9-20)31(36)37)14-17-38-15-4-3-5-16-39-26-24(33)23(18-32)40-27(35)25(26)34/h6-13,23-27,32-35H,2-5,14-18H2,1H3/t23?,24-,25?,26?,27-/m1/s1. The average molecular weight is 563 g/mol. The molecule has 220 valence electrons. The lowest BCUT2D eigenvalue weighted by molar-refractivity contribution is -0.384. The summed E-state index contributed by atoms with van der Waals surface area (Å²) in [6.07, 6.45) is -3.81. The highest BCUT2D eigenvalue weighted by atomic mass is 16.6. The largest absolute Gasteiger partial charge is 0.394 e. The first kappa shape index (κ1) is 31.5. The van der Waals surface area contributed by atoms with Gasteiger partial charge in [0, 0.05) is 44.1 Å². The van der Waals surface area contributed by atoms with Crippen molar-refractivity contribution in [2.24, 2.45) is 10.2 Å². The summed E-state index contributed by atoms with van der Waals surface area (Å²) in [5.41, 5.74) is 2.24. The molecule has 0 amide bonds. The third kappa shape index (κ3) is 9.27. The number of anilines is 1. The van der Waals surface area contributed by atoms with E-state index in [2.05, 4.69) is 22.1 Å². The van der Waals surface area contributed by atoms with Crippen molar-refractivity contribution in [3.8, 4) is 0 Å². The molecule has 2 aromatic rings. The van der Waals surface area contributed by atoms with Gasteiger partial charge in [0.1, 0.15) is 24.4 Å². The molecular weight excluding hydrogens is 524 g/mol. The highest BCUT2D eigenvalue weighted by Crippen LogP contribution is 2.24. The van der Waals surface area contributed by atoms with Gasteiger partial charge in [0.15, 0.2) is 6.29 Å². The van der Waals surface area contributed by atoms with Gasteiger partial charge < -0.3 is 39.5 Å². The van der Waals surface area contributed by atoms with Crippen molar-refractivity contribution in [2.75, 3.05) is 44.4 Å². The number of nitro groups is 1. The van der Waals surface area contributed by atoms with Crippen LogP contribution in [0.4, 0.5) is 22.7 Å². The van der Waals surface area contributed by atoms with Gasteiger partial charge in [-0.2, -0.15) is 10.2 Å². The molecule has 0 spiro atoms. The van der Waals surface area contributed by atoms with E-state index in [1.807, 2.05) is 24.3 Å². The molecule has 5 atom stereocenters. The van der Waals surface area contributed by atoms with Gasteiger partial charge in [-0.15, -0.1) is 0 Å². The number of non-ortho nitro benzene ring substituents is 1. The Kier molecular flexibility index (Phi) is 12.8. The van der Waals surface area contributed by atoms with E-state index in [4.69, 9.17) is 14.2 Å². The average Bonchev–Trinajstić information content (AvgIpc) is 2.97. The van der Waals surface area contributed by atoms with E-state index in [0.29, 0.717) is 31.0 Å². The number of rotatable bonds is 16. The number of aliphatic hydroxyl groups excluding tert-OH is 4. The minimum absolute atomic E-state index is 0.00563. The first-order valence-electron chi connectivity index (χ1n) is 13.3. The number of nitro benzene ring substituents is 1. The smallest absolute Gasteiger partial charge is 0.269 e. The minimum Gasteiger partial charge on any atom is -0.394 e.